The number of pyridine rings is 1. The summed E-state index contributed by atoms with van der Waals surface area (Å²) in [6.45, 7) is 2.67. The summed E-state index contributed by atoms with van der Waals surface area (Å²) in [5.74, 6) is -0.616. The molecule has 5 aromatic rings. The number of hydrogen-bond acceptors (Lipinski definition) is 4. The monoisotopic (exact) mass is 476 g/mol. The number of primary amides is 1. The number of alkyl halides is 3. The van der Waals surface area contributed by atoms with Crippen LogP contribution in [0.2, 0.25) is 0 Å². The van der Waals surface area contributed by atoms with E-state index >= 15 is 0 Å². The van der Waals surface area contributed by atoms with Crippen LogP contribution in [-0.4, -0.2) is 30.2 Å². The number of nitrogens with two attached hydrogens (primary N) is 1. The van der Waals surface area contributed by atoms with Crippen molar-refractivity contribution in [3.8, 4) is 28.1 Å². The van der Waals surface area contributed by atoms with E-state index < -0.39 is 17.8 Å². The predicted molar refractivity (Wildman–Crippen MR) is 125 cm³/mol. The minimum atomic E-state index is -4.65. The van der Waals surface area contributed by atoms with Crippen LogP contribution in [-0.2, 0) is 12.7 Å². The number of hydrogen-bond donors (Lipinski definition) is 1. The standard InChI is InChI=1S/C25H19F3N6O/c1-2-34-12-17(11-31-34)20-13-33(14-30-20)21-5-3-4-18-19(10-22(25(26,27)28)32-23(18)21)15-6-8-16(9-7-15)24(29)35/h3-14H,2H2,1H3,(H2,29,35). The number of carbonyl (C=O) groups is 1. The molecule has 0 aliphatic rings. The van der Waals surface area contributed by atoms with Gasteiger partial charge in [0.05, 0.1) is 29.4 Å². The number of rotatable bonds is 5. The molecular formula is C25H19F3N6O. The van der Waals surface area contributed by atoms with Crippen LogP contribution in [0, 0.1) is 0 Å². The molecule has 7 nitrogen and oxygen atoms in total. The third-order valence-electron chi connectivity index (χ3n) is 5.70. The van der Waals surface area contributed by atoms with Gasteiger partial charge in [-0.05, 0) is 42.3 Å². The maximum atomic E-state index is 13.8. The Hall–Kier alpha value is -4.47. The van der Waals surface area contributed by atoms with Crippen molar-refractivity contribution >= 4 is 16.8 Å². The second-order valence-electron chi connectivity index (χ2n) is 7.92. The normalized spacial score (nSPS) is 11.8. The number of aryl methyl sites for hydroxylation is 1. The van der Waals surface area contributed by atoms with Crippen LogP contribution >= 0.6 is 0 Å². The fourth-order valence-corrected chi connectivity index (χ4v) is 3.91. The van der Waals surface area contributed by atoms with Crippen LogP contribution < -0.4 is 5.73 Å². The largest absolute Gasteiger partial charge is 0.433 e. The van der Waals surface area contributed by atoms with E-state index in [1.165, 1.54) is 18.5 Å². The quantitative estimate of drug-likeness (QED) is 0.383. The zero-order chi connectivity index (χ0) is 24.7. The van der Waals surface area contributed by atoms with Gasteiger partial charge in [0.2, 0.25) is 5.91 Å². The molecule has 0 unspecified atom stereocenters. The summed E-state index contributed by atoms with van der Waals surface area (Å²) in [5.41, 5.74) is 7.44. The molecule has 2 N–H and O–H groups in total. The van der Waals surface area contributed by atoms with Crippen LogP contribution in [0.3, 0.4) is 0 Å². The van der Waals surface area contributed by atoms with Crippen LogP contribution in [0.5, 0.6) is 0 Å². The third kappa shape index (κ3) is 4.14. The predicted octanol–water partition coefficient (Wildman–Crippen LogP) is 5.09. The Morgan fingerprint density at radius 2 is 1.83 bits per heavy atom. The number of fused-ring (bicyclic) bond motifs is 1. The molecule has 0 aliphatic carbocycles. The van der Waals surface area contributed by atoms with E-state index in [9.17, 15) is 18.0 Å². The number of nitrogens with zero attached hydrogens (tertiary/aromatic N) is 5. The van der Waals surface area contributed by atoms with Gasteiger partial charge in [-0.25, -0.2) is 9.97 Å². The smallest absolute Gasteiger partial charge is 0.366 e. The van der Waals surface area contributed by atoms with E-state index in [0.717, 1.165) is 11.6 Å². The average Bonchev–Trinajstić information content (AvgIpc) is 3.52. The molecule has 0 bridgehead atoms. The lowest BCUT2D eigenvalue weighted by Gasteiger charge is -2.15. The first kappa shape index (κ1) is 22.3. The summed E-state index contributed by atoms with van der Waals surface area (Å²) in [7, 11) is 0. The molecule has 5 rings (SSSR count). The van der Waals surface area contributed by atoms with Crippen LogP contribution in [0.4, 0.5) is 13.2 Å². The lowest BCUT2D eigenvalue weighted by molar-refractivity contribution is -0.140. The van der Waals surface area contributed by atoms with Gasteiger partial charge in [0.25, 0.3) is 0 Å². The molecule has 2 aromatic carbocycles. The van der Waals surface area contributed by atoms with E-state index in [1.54, 1.807) is 52.0 Å². The topological polar surface area (TPSA) is 91.6 Å². The van der Waals surface area contributed by atoms with Crippen molar-refractivity contribution < 1.29 is 18.0 Å². The molecule has 0 saturated heterocycles. The zero-order valence-electron chi connectivity index (χ0n) is 18.5. The number of imidazole rings is 1. The van der Waals surface area contributed by atoms with E-state index in [4.69, 9.17) is 5.73 Å². The molecule has 0 spiro atoms. The number of aromatic nitrogens is 5. The summed E-state index contributed by atoms with van der Waals surface area (Å²) < 4.78 is 44.9. The Labute approximate surface area is 197 Å². The van der Waals surface area contributed by atoms with Gasteiger partial charge in [0, 0.05) is 35.5 Å². The van der Waals surface area contributed by atoms with Gasteiger partial charge in [-0.15, -0.1) is 0 Å². The number of halogens is 3. The van der Waals surface area contributed by atoms with Gasteiger partial charge in [-0.3, -0.25) is 9.48 Å². The Morgan fingerprint density at radius 3 is 2.49 bits per heavy atom. The highest BCUT2D eigenvalue weighted by molar-refractivity contribution is 5.99. The lowest BCUT2D eigenvalue weighted by Crippen LogP contribution is -2.10. The van der Waals surface area contributed by atoms with E-state index in [2.05, 4.69) is 15.1 Å². The molecule has 1 amide bonds. The van der Waals surface area contributed by atoms with Crippen molar-refractivity contribution in [2.75, 3.05) is 0 Å². The number of carbonyl (C=O) groups excluding carboxylic acids is 1. The second kappa shape index (κ2) is 8.39. The fraction of sp³-hybridized carbons (Fsp3) is 0.120. The van der Waals surface area contributed by atoms with Crippen molar-refractivity contribution in [3.63, 3.8) is 0 Å². The van der Waals surface area contributed by atoms with Crippen LogP contribution in [0.15, 0.2) is 73.4 Å². The molecule has 3 heterocycles. The minimum Gasteiger partial charge on any atom is -0.366 e. The Morgan fingerprint density at radius 1 is 1.06 bits per heavy atom. The molecule has 3 aromatic heterocycles. The van der Waals surface area contributed by atoms with Gasteiger partial charge in [0.15, 0.2) is 0 Å². The molecule has 0 fully saturated rings. The van der Waals surface area contributed by atoms with Gasteiger partial charge in [0.1, 0.15) is 5.69 Å². The summed E-state index contributed by atoms with van der Waals surface area (Å²) >= 11 is 0. The number of amides is 1. The Bertz CT molecular complexity index is 1550. The van der Waals surface area contributed by atoms with Crippen LogP contribution in [0.1, 0.15) is 23.0 Å². The molecule has 0 aliphatic heterocycles. The van der Waals surface area contributed by atoms with Gasteiger partial charge >= 0.3 is 6.18 Å². The van der Waals surface area contributed by atoms with Crippen molar-refractivity contribution in [2.45, 2.75) is 19.6 Å². The van der Waals surface area contributed by atoms with Crippen molar-refractivity contribution in [2.24, 2.45) is 5.73 Å². The molecule has 176 valence electrons. The Balaban J connectivity index is 1.69. The maximum absolute atomic E-state index is 13.8. The molecule has 0 saturated carbocycles. The SMILES string of the molecule is CCn1cc(-c2cn(-c3cccc4c(-c5ccc(C(N)=O)cc5)cc(C(F)(F)F)nc34)cn2)cn1. The fourth-order valence-electron chi connectivity index (χ4n) is 3.91. The van der Waals surface area contributed by atoms with Gasteiger partial charge in [-0.1, -0.05) is 24.3 Å². The summed E-state index contributed by atoms with van der Waals surface area (Å²) in [4.78, 5) is 19.8. The second-order valence-corrected chi connectivity index (χ2v) is 7.92. The maximum Gasteiger partial charge on any atom is 0.433 e. The average molecular weight is 476 g/mol. The summed E-state index contributed by atoms with van der Waals surface area (Å²) in [6.07, 6.45) is 2.15. The Kier molecular flexibility index (Phi) is 5.35. The summed E-state index contributed by atoms with van der Waals surface area (Å²) in [6, 6.07) is 12.3. The number of benzene rings is 2. The third-order valence-corrected chi connectivity index (χ3v) is 5.70. The first-order chi connectivity index (χ1) is 16.7. The van der Waals surface area contributed by atoms with E-state index in [0.29, 0.717) is 34.4 Å². The van der Waals surface area contributed by atoms with Crippen molar-refractivity contribution in [1.29, 1.82) is 0 Å². The first-order valence-corrected chi connectivity index (χ1v) is 10.7. The zero-order valence-corrected chi connectivity index (χ0v) is 18.5. The number of para-hydroxylation sites is 1. The molecule has 0 radical (unpaired) electrons. The van der Waals surface area contributed by atoms with E-state index in [-0.39, 0.29) is 11.1 Å². The summed E-state index contributed by atoms with van der Waals surface area (Å²) in [5, 5.41) is 4.77. The highest BCUT2D eigenvalue weighted by Crippen LogP contribution is 2.37. The molecular weight excluding hydrogens is 457 g/mol. The highest BCUT2D eigenvalue weighted by atomic mass is 19.4. The van der Waals surface area contributed by atoms with Crippen LogP contribution in [0.25, 0.3) is 39.0 Å². The lowest BCUT2D eigenvalue weighted by atomic mass is 9.98. The first-order valence-electron chi connectivity index (χ1n) is 10.7. The van der Waals surface area contributed by atoms with Crippen molar-refractivity contribution in [1.82, 2.24) is 24.3 Å². The highest BCUT2D eigenvalue weighted by Gasteiger charge is 2.34. The molecule has 0 atom stereocenters. The molecule has 10 heteroatoms. The molecule has 35 heavy (non-hydrogen) atoms. The van der Waals surface area contributed by atoms with Gasteiger partial charge < -0.3 is 10.3 Å². The van der Waals surface area contributed by atoms with Crippen molar-refractivity contribution in [3.05, 3.63) is 84.7 Å². The van der Waals surface area contributed by atoms with Gasteiger partial charge in [-0.2, -0.15) is 18.3 Å². The van der Waals surface area contributed by atoms with E-state index in [1.807, 2.05) is 13.1 Å². The minimum absolute atomic E-state index is 0.171.